The van der Waals surface area contributed by atoms with Crippen molar-refractivity contribution in [2.75, 3.05) is 11.9 Å². The molecule has 3 aromatic rings. The van der Waals surface area contributed by atoms with Gasteiger partial charge in [-0.2, -0.15) is 0 Å². The van der Waals surface area contributed by atoms with Crippen LogP contribution in [0.25, 0.3) is 10.2 Å². The zero-order chi connectivity index (χ0) is 20.2. The summed E-state index contributed by atoms with van der Waals surface area (Å²) in [7, 11) is 0. The number of aromatic nitrogens is 2. The Morgan fingerprint density at radius 1 is 1.10 bits per heavy atom. The van der Waals surface area contributed by atoms with Crippen molar-refractivity contribution in [3.8, 4) is 0 Å². The largest absolute Gasteiger partial charge is 0.481 e. The van der Waals surface area contributed by atoms with Gasteiger partial charge in [-0.15, -0.1) is 11.3 Å². The van der Waals surface area contributed by atoms with E-state index in [1.54, 1.807) is 29.8 Å². The van der Waals surface area contributed by atoms with Crippen LogP contribution in [-0.4, -0.2) is 33.5 Å². The van der Waals surface area contributed by atoms with Crippen LogP contribution in [-0.2, 0) is 24.2 Å². The molecule has 150 valence electrons. The second-order valence-electron chi connectivity index (χ2n) is 7.06. The van der Waals surface area contributed by atoms with E-state index in [0.717, 1.165) is 34.4 Å². The van der Waals surface area contributed by atoms with Gasteiger partial charge in [-0.3, -0.25) is 9.59 Å². The number of carboxylic acid groups (broad SMARTS) is 1. The normalized spacial score (nSPS) is 13.1. The van der Waals surface area contributed by atoms with Crippen LogP contribution < -0.4 is 10.6 Å². The molecule has 4 rings (SSSR count). The third-order valence-corrected chi connectivity index (χ3v) is 6.25. The third kappa shape index (κ3) is 4.37. The fraction of sp³-hybridized carbons (Fsp3) is 0.333. The molecule has 1 aromatic carbocycles. The molecular formula is C21H22N4O3S. The van der Waals surface area contributed by atoms with E-state index in [9.17, 15) is 9.59 Å². The first-order valence-corrected chi connectivity index (χ1v) is 10.5. The number of carbonyl (C=O) groups excluding carboxylic acids is 1. The van der Waals surface area contributed by atoms with Gasteiger partial charge in [-0.05, 0) is 48.9 Å². The Kier molecular flexibility index (Phi) is 5.71. The van der Waals surface area contributed by atoms with Crippen molar-refractivity contribution >= 4 is 39.2 Å². The van der Waals surface area contributed by atoms with Crippen molar-refractivity contribution in [3.05, 3.63) is 52.2 Å². The quantitative estimate of drug-likeness (QED) is 0.552. The zero-order valence-electron chi connectivity index (χ0n) is 15.9. The molecule has 3 N–H and O–H groups in total. The first-order valence-electron chi connectivity index (χ1n) is 9.70. The van der Waals surface area contributed by atoms with Gasteiger partial charge in [0.1, 0.15) is 17.0 Å². The van der Waals surface area contributed by atoms with E-state index in [1.165, 1.54) is 23.3 Å². The van der Waals surface area contributed by atoms with Crippen molar-refractivity contribution in [2.45, 2.75) is 38.6 Å². The van der Waals surface area contributed by atoms with Gasteiger partial charge in [0.2, 0.25) is 0 Å². The summed E-state index contributed by atoms with van der Waals surface area (Å²) < 4.78 is 0. The number of amides is 1. The first kappa shape index (κ1) is 19.3. The number of fused-ring (bicyclic) bond motifs is 3. The molecule has 0 bridgehead atoms. The SMILES string of the molecule is O=C(O)CCNC(=O)c1ccc(CNc2ncnc3sc4c(c23)CCCC4)cc1. The Morgan fingerprint density at radius 3 is 2.69 bits per heavy atom. The predicted molar refractivity (Wildman–Crippen MR) is 112 cm³/mol. The van der Waals surface area contributed by atoms with E-state index in [-0.39, 0.29) is 18.9 Å². The summed E-state index contributed by atoms with van der Waals surface area (Å²) in [6, 6.07) is 7.27. The molecule has 0 atom stereocenters. The number of thiophene rings is 1. The number of nitrogens with zero attached hydrogens (tertiary/aromatic N) is 2. The Bertz CT molecular complexity index is 1050. The van der Waals surface area contributed by atoms with Crippen LogP contribution >= 0.6 is 11.3 Å². The summed E-state index contributed by atoms with van der Waals surface area (Å²) in [4.78, 5) is 34.0. The highest BCUT2D eigenvalue weighted by Gasteiger charge is 2.19. The molecule has 1 aliphatic rings. The summed E-state index contributed by atoms with van der Waals surface area (Å²) in [5.41, 5.74) is 2.94. The van der Waals surface area contributed by atoms with Crippen LogP contribution in [0.4, 0.5) is 5.82 Å². The molecule has 2 heterocycles. The molecular weight excluding hydrogens is 388 g/mol. The molecule has 0 aliphatic heterocycles. The van der Waals surface area contributed by atoms with Gasteiger partial charge in [-0.25, -0.2) is 9.97 Å². The number of benzene rings is 1. The van der Waals surface area contributed by atoms with Crippen molar-refractivity contribution < 1.29 is 14.7 Å². The Balaban J connectivity index is 1.42. The van der Waals surface area contributed by atoms with E-state index in [0.29, 0.717) is 12.1 Å². The molecule has 1 amide bonds. The molecule has 0 fully saturated rings. The predicted octanol–water partition coefficient (Wildman–Crippen LogP) is 3.39. The summed E-state index contributed by atoms with van der Waals surface area (Å²) in [6.07, 6.45) is 6.19. The summed E-state index contributed by atoms with van der Waals surface area (Å²) >= 11 is 1.78. The molecule has 8 heteroatoms. The van der Waals surface area contributed by atoms with Gasteiger partial charge in [0, 0.05) is 23.5 Å². The molecule has 1 aliphatic carbocycles. The lowest BCUT2D eigenvalue weighted by Crippen LogP contribution is -2.25. The fourth-order valence-corrected chi connectivity index (χ4v) is 4.80. The van der Waals surface area contributed by atoms with E-state index in [1.807, 2.05) is 12.1 Å². The molecule has 7 nitrogen and oxygen atoms in total. The van der Waals surface area contributed by atoms with Crippen LogP contribution in [0.2, 0.25) is 0 Å². The van der Waals surface area contributed by atoms with Crippen LogP contribution in [0.5, 0.6) is 0 Å². The van der Waals surface area contributed by atoms with Gasteiger partial charge in [0.05, 0.1) is 11.8 Å². The van der Waals surface area contributed by atoms with E-state index in [4.69, 9.17) is 5.11 Å². The monoisotopic (exact) mass is 410 g/mol. The second-order valence-corrected chi connectivity index (χ2v) is 8.15. The number of nitrogens with one attached hydrogen (secondary N) is 2. The average molecular weight is 410 g/mol. The van der Waals surface area contributed by atoms with Crippen molar-refractivity contribution in [2.24, 2.45) is 0 Å². The number of carbonyl (C=O) groups is 2. The topological polar surface area (TPSA) is 104 Å². The maximum absolute atomic E-state index is 12.0. The molecule has 2 aromatic heterocycles. The summed E-state index contributed by atoms with van der Waals surface area (Å²) in [5.74, 6) is -0.338. The Labute approximate surface area is 172 Å². The van der Waals surface area contributed by atoms with Crippen LogP contribution in [0.3, 0.4) is 0 Å². The highest BCUT2D eigenvalue weighted by atomic mass is 32.1. The van der Waals surface area contributed by atoms with Crippen molar-refractivity contribution in [3.63, 3.8) is 0 Å². The first-order chi connectivity index (χ1) is 14.1. The van der Waals surface area contributed by atoms with Crippen molar-refractivity contribution in [1.29, 1.82) is 0 Å². The fourth-order valence-electron chi connectivity index (χ4n) is 3.57. The highest BCUT2D eigenvalue weighted by molar-refractivity contribution is 7.19. The molecule has 0 radical (unpaired) electrons. The van der Waals surface area contributed by atoms with Gasteiger partial charge < -0.3 is 15.7 Å². The number of aryl methyl sites for hydroxylation is 2. The van der Waals surface area contributed by atoms with Crippen LogP contribution in [0.15, 0.2) is 30.6 Å². The molecule has 0 saturated carbocycles. The smallest absolute Gasteiger partial charge is 0.305 e. The number of hydrogen-bond donors (Lipinski definition) is 3. The van der Waals surface area contributed by atoms with Crippen molar-refractivity contribution in [1.82, 2.24) is 15.3 Å². The van der Waals surface area contributed by atoms with Gasteiger partial charge in [-0.1, -0.05) is 12.1 Å². The number of anilines is 1. The maximum atomic E-state index is 12.0. The van der Waals surface area contributed by atoms with Crippen LogP contribution in [0.1, 0.15) is 45.6 Å². The molecule has 0 saturated heterocycles. The summed E-state index contributed by atoms with van der Waals surface area (Å²) in [5, 5.41) is 15.8. The van der Waals surface area contributed by atoms with Crippen LogP contribution in [0, 0.1) is 0 Å². The third-order valence-electron chi connectivity index (χ3n) is 5.05. The lowest BCUT2D eigenvalue weighted by molar-refractivity contribution is -0.136. The number of aliphatic carboxylic acids is 1. The van der Waals surface area contributed by atoms with E-state index in [2.05, 4.69) is 20.6 Å². The second kappa shape index (κ2) is 8.57. The number of rotatable bonds is 7. The molecule has 0 spiro atoms. The van der Waals surface area contributed by atoms with Gasteiger partial charge >= 0.3 is 5.97 Å². The number of carboxylic acids is 1. The maximum Gasteiger partial charge on any atom is 0.305 e. The molecule has 0 unspecified atom stereocenters. The minimum Gasteiger partial charge on any atom is -0.481 e. The van der Waals surface area contributed by atoms with E-state index < -0.39 is 5.97 Å². The lowest BCUT2D eigenvalue weighted by atomic mass is 9.97. The standard InChI is InChI=1S/C21H22N4O3S/c26-17(27)9-10-22-20(28)14-7-5-13(6-8-14)11-23-19-18-15-3-1-2-4-16(15)29-21(18)25-12-24-19/h5-8,12H,1-4,9-11H2,(H,22,28)(H,26,27)(H,23,24,25). The van der Waals surface area contributed by atoms with E-state index >= 15 is 0 Å². The number of hydrogen-bond acceptors (Lipinski definition) is 6. The minimum atomic E-state index is -0.933. The Morgan fingerprint density at radius 2 is 1.90 bits per heavy atom. The van der Waals surface area contributed by atoms with Gasteiger partial charge in [0.15, 0.2) is 0 Å². The average Bonchev–Trinajstić information content (AvgIpc) is 3.11. The minimum absolute atomic E-state index is 0.0898. The zero-order valence-corrected chi connectivity index (χ0v) is 16.7. The molecule has 29 heavy (non-hydrogen) atoms. The lowest BCUT2D eigenvalue weighted by Gasteiger charge is -2.12. The summed E-state index contributed by atoms with van der Waals surface area (Å²) in [6.45, 7) is 0.712. The van der Waals surface area contributed by atoms with Gasteiger partial charge in [0.25, 0.3) is 5.91 Å². The Hall–Kier alpha value is -3.00. The highest BCUT2D eigenvalue weighted by Crippen LogP contribution is 2.38.